The summed E-state index contributed by atoms with van der Waals surface area (Å²) in [6.07, 6.45) is 0.0347. The molecule has 6 heteroatoms. The lowest BCUT2D eigenvalue weighted by Crippen LogP contribution is -2.25. The number of hydrogen-bond acceptors (Lipinski definition) is 4. The molecule has 0 atom stereocenters. The molecule has 0 unspecified atom stereocenters. The van der Waals surface area contributed by atoms with Gasteiger partial charge in [0.25, 0.3) is 0 Å². The lowest BCUT2D eigenvalue weighted by atomic mass is 10.0. The number of aliphatic carboxylic acids is 1. The third-order valence-electron chi connectivity index (χ3n) is 3.30. The van der Waals surface area contributed by atoms with Crippen LogP contribution in [0.15, 0.2) is 52.6 Å². The molecule has 2 N–H and O–H groups in total. The van der Waals surface area contributed by atoms with E-state index in [1.165, 1.54) is 22.5 Å². The largest absolute Gasteiger partial charge is 0.481 e. The lowest BCUT2D eigenvalue weighted by molar-refractivity contribution is -0.136. The van der Waals surface area contributed by atoms with E-state index in [0.717, 1.165) is 17.0 Å². The molecular formula is C16H15N3O2S. The van der Waals surface area contributed by atoms with Gasteiger partial charge in [0.05, 0.1) is 18.7 Å². The van der Waals surface area contributed by atoms with Crippen LogP contribution in [0, 0.1) is 0 Å². The van der Waals surface area contributed by atoms with Gasteiger partial charge in [0.15, 0.2) is 5.17 Å². The van der Waals surface area contributed by atoms with Gasteiger partial charge in [-0.3, -0.25) is 15.2 Å². The zero-order valence-corrected chi connectivity index (χ0v) is 12.6. The van der Waals surface area contributed by atoms with Crippen molar-refractivity contribution in [1.82, 2.24) is 5.43 Å². The average Bonchev–Trinajstić information content (AvgIpc) is 2.55. The fourth-order valence-corrected chi connectivity index (χ4v) is 2.96. The van der Waals surface area contributed by atoms with Gasteiger partial charge in [0.1, 0.15) is 0 Å². The van der Waals surface area contributed by atoms with Gasteiger partial charge in [-0.1, -0.05) is 48.2 Å². The number of hydrazone groups is 1. The van der Waals surface area contributed by atoms with Crippen LogP contribution in [0.5, 0.6) is 0 Å². The minimum atomic E-state index is -0.842. The van der Waals surface area contributed by atoms with Crippen LogP contribution in [0.25, 0.3) is 10.8 Å². The van der Waals surface area contributed by atoms with E-state index in [9.17, 15) is 4.79 Å². The zero-order chi connectivity index (χ0) is 15.4. The molecule has 5 nitrogen and oxygen atoms in total. The van der Waals surface area contributed by atoms with E-state index in [4.69, 9.17) is 5.11 Å². The van der Waals surface area contributed by atoms with Crippen LogP contribution in [-0.2, 0) is 4.79 Å². The van der Waals surface area contributed by atoms with Crippen LogP contribution in [0.3, 0.4) is 0 Å². The van der Waals surface area contributed by atoms with E-state index < -0.39 is 5.97 Å². The Labute approximate surface area is 132 Å². The molecule has 0 fully saturated rings. The maximum absolute atomic E-state index is 10.5. The molecule has 3 rings (SSSR count). The average molecular weight is 313 g/mol. The highest BCUT2D eigenvalue weighted by atomic mass is 32.2. The Morgan fingerprint density at radius 1 is 1.27 bits per heavy atom. The van der Waals surface area contributed by atoms with Crippen LogP contribution in [0.2, 0.25) is 0 Å². The number of amidine groups is 1. The summed E-state index contributed by atoms with van der Waals surface area (Å²) < 4.78 is 0. The van der Waals surface area contributed by atoms with Crippen molar-refractivity contribution in [2.24, 2.45) is 10.1 Å². The number of nitrogens with one attached hydrogen (secondary N) is 1. The Kier molecular flexibility index (Phi) is 4.39. The highest BCUT2D eigenvalue weighted by Gasteiger charge is 2.13. The Morgan fingerprint density at radius 3 is 2.82 bits per heavy atom. The maximum atomic E-state index is 10.5. The van der Waals surface area contributed by atoms with Crippen molar-refractivity contribution in [2.45, 2.75) is 6.42 Å². The van der Waals surface area contributed by atoms with E-state index in [0.29, 0.717) is 5.17 Å². The SMILES string of the molecule is O=C(O)CCN=C1NN=C(c2ccc3ccccc3c2)CS1. The van der Waals surface area contributed by atoms with Crippen LogP contribution < -0.4 is 5.43 Å². The van der Waals surface area contributed by atoms with Crippen molar-refractivity contribution < 1.29 is 9.90 Å². The van der Waals surface area contributed by atoms with E-state index in [1.807, 2.05) is 12.1 Å². The van der Waals surface area contributed by atoms with Crippen LogP contribution in [-0.4, -0.2) is 34.3 Å². The summed E-state index contributed by atoms with van der Waals surface area (Å²) in [5.74, 6) is -0.123. The van der Waals surface area contributed by atoms with E-state index in [-0.39, 0.29) is 13.0 Å². The van der Waals surface area contributed by atoms with Crippen molar-refractivity contribution in [3.8, 4) is 0 Å². The number of hydrogen-bond donors (Lipinski definition) is 2. The molecular weight excluding hydrogens is 298 g/mol. The number of nitrogens with zero attached hydrogens (tertiary/aromatic N) is 2. The molecule has 0 amide bonds. The molecule has 1 aliphatic rings. The minimum Gasteiger partial charge on any atom is -0.481 e. The van der Waals surface area contributed by atoms with Crippen molar-refractivity contribution >= 4 is 39.4 Å². The molecule has 0 aromatic heterocycles. The Bertz CT molecular complexity index is 771. The first-order chi connectivity index (χ1) is 10.7. The van der Waals surface area contributed by atoms with Gasteiger partial charge in [-0.25, -0.2) is 0 Å². The van der Waals surface area contributed by atoms with Crippen LogP contribution in [0.4, 0.5) is 0 Å². The number of benzene rings is 2. The summed E-state index contributed by atoms with van der Waals surface area (Å²) >= 11 is 1.54. The number of aliphatic imine (C=N–C) groups is 1. The van der Waals surface area contributed by atoms with Crippen molar-refractivity contribution in [2.75, 3.05) is 12.3 Å². The van der Waals surface area contributed by atoms with E-state index in [1.54, 1.807) is 0 Å². The molecule has 0 saturated heterocycles. The fourth-order valence-electron chi connectivity index (χ4n) is 2.17. The van der Waals surface area contributed by atoms with Gasteiger partial charge in [-0.15, -0.1) is 0 Å². The Balaban J connectivity index is 1.73. The van der Waals surface area contributed by atoms with Gasteiger partial charge in [-0.05, 0) is 22.4 Å². The summed E-state index contributed by atoms with van der Waals surface area (Å²) in [7, 11) is 0. The zero-order valence-electron chi connectivity index (χ0n) is 11.8. The molecule has 112 valence electrons. The Hall–Kier alpha value is -2.34. The molecule has 0 spiro atoms. The molecule has 0 aliphatic carbocycles. The predicted octanol–water partition coefficient (Wildman–Crippen LogP) is 2.71. The third kappa shape index (κ3) is 3.46. The summed E-state index contributed by atoms with van der Waals surface area (Å²) in [5, 5.41) is 16.0. The first-order valence-electron chi connectivity index (χ1n) is 6.93. The number of fused-ring (bicyclic) bond motifs is 1. The molecule has 0 saturated carbocycles. The summed E-state index contributed by atoms with van der Waals surface area (Å²) in [6, 6.07) is 14.5. The minimum absolute atomic E-state index is 0.0347. The second kappa shape index (κ2) is 6.62. The second-order valence-corrected chi connectivity index (χ2v) is 5.82. The predicted molar refractivity (Wildman–Crippen MR) is 90.6 cm³/mol. The smallest absolute Gasteiger partial charge is 0.305 e. The number of thioether (sulfide) groups is 1. The van der Waals surface area contributed by atoms with Crippen molar-refractivity contribution in [3.63, 3.8) is 0 Å². The number of rotatable bonds is 4. The maximum Gasteiger partial charge on any atom is 0.305 e. The first kappa shape index (κ1) is 14.6. The fraction of sp³-hybridized carbons (Fsp3) is 0.188. The lowest BCUT2D eigenvalue weighted by Gasteiger charge is -2.15. The molecule has 2 aromatic rings. The number of carbonyl (C=O) groups is 1. The number of carboxylic acids is 1. The van der Waals surface area contributed by atoms with Crippen molar-refractivity contribution in [1.29, 1.82) is 0 Å². The third-order valence-corrected chi connectivity index (χ3v) is 4.21. The summed E-state index contributed by atoms with van der Waals surface area (Å²) in [5.41, 5.74) is 4.95. The van der Waals surface area contributed by atoms with Crippen LogP contribution >= 0.6 is 11.8 Å². The van der Waals surface area contributed by atoms with Gasteiger partial charge < -0.3 is 5.11 Å². The summed E-state index contributed by atoms with van der Waals surface area (Å²) in [4.78, 5) is 14.6. The van der Waals surface area contributed by atoms with Gasteiger partial charge in [0, 0.05) is 5.75 Å². The Morgan fingerprint density at radius 2 is 2.09 bits per heavy atom. The topological polar surface area (TPSA) is 74.0 Å². The highest BCUT2D eigenvalue weighted by Crippen LogP contribution is 2.19. The van der Waals surface area contributed by atoms with Gasteiger partial charge >= 0.3 is 5.97 Å². The molecule has 0 radical (unpaired) electrons. The van der Waals surface area contributed by atoms with Crippen LogP contribution in [0.1, 0.15) is 12.0 Å². The van der Waals surface area contributed by atoms with Gasteiger partial charge in [-0.2, -0.15) is 5.10 Å². The second-order valence-electron chi connectivity index (χ2n) is 4.85. The molecule has 1 aliphatic heterocycles. The molecule has 22 heavy (non-hydrogen) atoms. The van der Waals surface area contributed by atoms with Gasteiger partial charge in [0.2, 0.25) is 0 Å². The monoisotopic (exact) mass is 313 g/mol. The molecule has 0 bridgehead atoms. The first-order valence-corrected chi connectivity index (χ1v) is 7.92. The highest BCUT2D eigenvalue weighted by molar-refractivity contribution is 8.14. The summed E-state index contributed by atoms with van der Waals surface area (Å²) in [6.45, 7) is 0.269. The normalized spacial score (nSPS) is 16.4. The quantitative estimate of drug-likeness (QED) is 0.910. The van der Waals surface area contributed by atoms with Crippen molar-refractivity contribution in [3.05, 3.63) is 48.0 Å². The van der Waals surface area contributed by atoms with E-state index >= 15 is 0 Å². The molecule has 2 aromatic carbocycles. The molecule has 1 heterocycles. The standard InChI is InChI=1S/C16H15N3O2S/c20-15(21)7-8-17-16-19-18-14(10-22-16)13-6-5-11-3-1-2-4-12(11)9-13/h1-6,9H,7-8,10H2,(H,17,19)(H,20,21). The number of carboxylic acid groups (broad SMARTS) is 1. The van der Waals surface area contributed by atoms with E-state index in [2.05, 4.69) is 45.9 Å².